The van der Waals surface area contributed by atoms with Crippen LogP contribution < -0.4 is 5.32 Å². The summed E-state index contributed by atoms with van der Waals surface area (Å²) in [4.78, 5) is 16.8. The summed E-state index contributed by atoms with van der Waals surface area (Å²) in [5, 5.41) is 12.4. The van der Waals surface area contributed by atoms with E-state index in [2.05, 4.69) is 27.4 Å². The summed E-state index contributed by atoms with van der Waals surface area (Å²) >= 11 is 1.36. The number of anilines is 1. The van der Waals surface area contributed by atoms with E-state index < -0.39 is 0 Å². The second-order valence-corrected chi connectivity index (χ2v) is 8.01. The van der Waals surface area contributed by atoms with Gasteiger partial charge >= 0.3 is 0 Å². The molecule has 31 heavy (non-hydrogen) atoms. The van der Waals surface area contributed by atoms with E-state index in [1.807, 2.05) is 72.2 Å². The van der Waals surface area contributed by atoms with E-state index in [1.165, 1.54) is 17.3 Å². The van der Waals surface area contributed by atoms with E-state index >= 15 is 0 Å². The van der Waals surface area contributed by atoms with E-state index in [-0.39, 0.29) is 11.7 Å². The maximum Gasteiger partial charge on any atom is 0.234 e. The van der Waals surface area contributed by atoms with Gasteiger partial charge in [-0.05, 0) is 49.2 Å². The molecular weight excluding hydrogens is 406 g/mol. The number of pyridine rings is 1. The van der Waals surface area contributed by atoms with Crippen molar-refractivity contribution >= 4 is 23.4 Å². The summed E-state index contributed by atoms with van der Waals surface area (Å²) in [5.74, 6) is 0.846. The zero-order valence-corrected chi connectivity index (χ0v) is 18.3. The van der Waals surface area contributed by atoms with Crippen LogP contribution in [0.25, 0.3) is 17.1 Å². The number of hydrogen-bond donors (Lipinski definition) is 1. The van der Waals surface area contributed by atoms with Crippen LogP contribution >= 0.6 is 11.8 Å². The maximum atomic E-state index is 12.6. The lowest BCUT2D eigenvalue weighted by Crippen LogP contribution is -2.15. The van der Waals surface area contributed by atoms with Crippen molar-refractivity contribution in [1.29, 1.82) is 0 Å². The van der Waals surface area contributed by atoms with Crippen molar-refractivity contribution in [3.05, 3.63) is 84.2 Å². The number of amides is 1. The Bertz CT molecular complexity index is 1170. The van der Waals surface area contributed by atoms with Gasteiger partial charge in [-0.3, -0.25) is 14.3 Å². The highest BCUT2D eigenvalue weighted by Crippen LogP contribution is 2.28. The van der Waals surface area contributed by atoms with Gasteiger partial charge in [0, 0.05) is 29.3 Å². The number of para-hydroxylation sites is 1. The number of thioether (sulfide) groups is 1. The quantitative estimate of drug-likeness (QED) is 0.422. The van der Waals surface area contributed by atoms with E-state index in [9.17, 15) is 4.79 Å². The van der Waals surface area contributed by atoms with Crippen LogP contribution in [0, 0.1) is 6.92 Å². The molecule has 2 aromatic heterocycles. The predicted molar refractivity (Wildman–Crippen MR) is 125 cm³/mol. The molecule has 0 aliphatic rings. The molecule has 0 atom stereocenters. The number of carbonyl (C=O) groups excluding carboxylic acids is 1. The minimum Gasteiger partial charge on any atom is -0.325 e. The summed E-state index contributed by atoms with van der Waals surface area (Å²) in [5.41, 5.74) is 4.94. The van der Waals surface area contributed by atoms with Crippen molar-refractivity contribution in [1.82, 2.24) is 19.7 Å². The Morgan fingerprint density at radius 2 is 1.84 bits per heavy atom. The molecule has 0 aliphatic heterocycles. The molecule has 6 nitrogen and oxygen atoms in total. The van der Waals surface area contributed by atoms with Crippen molar-refractivity contribution in [2.45, 2.75) is 25.4 Å². The Balaban J connectivity index is 1.59. The Hall–Kier alpha value is -3.45. The summed E-state index contributed by atoms with van der Waals surface area (Å²) in [6, 6.07) is 19.8. The van der Waals surface area contributed by atoms with Gasteiger partial charge in [0.2, 0.25) is 5.91 Å². The van der Waals surface area contributed by atoms with E-state index in [0.29, 0.717) is 11.0 Å². The van der Waals surface area contributed by atoms with Gasteiger partial charge < -0.3 is 5.32 Å². The molecule has 2 heterocycles. The number of carbonyl (C=O) groups is 1. The first-order chi connectivity index (χ1) is 15.2. The number of benzene rings is 2. The standard InChI is InChI=1S/C24H23N5OS/c1-3-18-7-4-5-9-21(18)26-22(30)16-31-24-28-27-23(19-8-6-14-25-15-19)29(24)20-12-10-17(2)11-13-20/h4-15H,3,16H2,1-2H3,(H,26,30). The Labute approximate surface area is 185 Å². The predicted octanol–water partition coefficient (Wildman–Crippen LogP) is 4.93. The number of nitrogens with zero attached hydrogens (tertiary/aromatic N) is 4. The molecule has 1 amide bonds. The van der Waals surface area contributed by atoms with Gasteiger partial charge in [0.1, 0.15) is 0 Å². The van der Waals surface area contributed by atoms with Crippen LogP contribution in [0.15, 0.2) is 78.2 Å². The van der Waals surface area contributed by atoms with Gasteiger partial charge in [-0.25, -0.2) is 0 Å². The minimum atomic E-state index is -0.0766. The molecule has 0 spiro atoms. The molecular formula is C24H23N5OS. The van der Waals surface area contributed by atoms with Crippen LogP contribution in [0.2, 0.25) is 0 Å². The zero-order chi connectivity index (χ0) is 21.6. The minimum absolute atomic E-state index is 0.0766. The number of hydrogen-bond acceptors (Lipinski definition) is 5. The van der Waals surface area contributed by atoms with E-state index in [1.54, 1.807) is 12.4 Å². The monoisotopic (exact) mass is 429 g/mol. The zero-order valence-electron chi connectivity index (χ0n) is 17.4. The maximum absolute atomic E-state index is 12.6. The summed E-state index contributed by atoms with van der Waals surface area (Å²) in [6.07, 6.45) is 4.35. The third kappa shape index (κ3) is 4.83. The first kappa shape index (κ1) is 20.8. The molecule has 4 aromatic rings. The first-order valence-electron chi connectivity index (χ1n) is 10.1. The highest BCUT2D eigenvalue weighted by atomic mass is 32.2. The van der Waals surface area contributed by atoms with Crippen molar-refractivity contribution in [2.75, 3.05) is 11.1 Å². The third-order valence-corrected chi connectivity index (χ3v) is 5.78. The molecule has 7 heteroatoms. The number of nitrogens with one attached hydrogen (secondary N) is 1. The average molecular weight is 430 g/mol. The normalized spacial score (nSPS) is 10.8. The van der Waals surface area contributed by atoms with Crippen molar-refractivity contribution in [2.24, 2.45) is 0 Å². The number of rotatable bonds is 7. The summed E-state index contributed by atoms with van der Waals surface area (Å²) < 4.78 is 1.97. The molecule has 4 rings (SSSR count). The number of aryl methyl sites for hydroxylation is 2. The molecule has 156 valence electrons. The molecule has 0 unspecified atom stereocenters. The Morgan fingerprint density at radius 1 is 1.03 bits per heavy atom. The van der Waals surface area contributed by atoms with Gasteiger partial charge in [-0.1, -0.05) is 54.6 Å². The van der Waals surface area contributed by atoms with Gasteiger partial charge in [0.25, 0.3) is 0 Å². The lowest BCUT2D eigenvalue weighted by atomic mass is 10.1. The number of aromatic nitrogens is 4. The fourth-order valence-corrected chi connectivity index (χ4v) is 3.99. The molecule has 1 N–H and O–H groups in total. The fraction of sp³-hybridized carbons (Fsp3) is 0.167. The Kier molecular flexibility index (Phi) is 6.43. The average Bonchev–Trinajstić information content (AvgIpc) is 3.23. The molecule has 0 aliphatic carbocycles. The van der Waals surface area contributed by atoms with Crippen LogP contribution in [-0.2, 0) is 11.2 Å². The van der Waals surface area contributed by atoms with Crippen LogP contribution in [0.1, 0.15) is 18.1 Å². The molecule has 0 saturated heterocycles. The van der Waals surface area contributed by atoms with Crippen molar-refractivity contribution in [3.8, 4) is 17.1 Å². The second-order valence-electron chi connectivity index (χ2n) is 7.07. The van der Waals surface area contributed by atoms with Gasteiger partial charge in [0.05, 0.1) is 5.75 Å². The highest BCUT2D eigenvalue weighted by Gasteiger charge is 2.17. The first-order valence-corrected chi connectivity index (χ1v) is 11.1. The van der Waals surface area contributed by atoms with Crippen LogP contribution in [0.4, 0.5) is 5.69 Å². The fourth-order valence-electron chi connectivity index (χ4n) is 3.24. The smallest absolute Gasteiger partial charge is 0.234 e. The van der Waals surface area contributed by atoms with Crippen LogP contribution in [-0.4, -0.2) is 31.4 Å². The molecule has 2 aromatic carbocycles. The Morgan fingerprint density at radius 3 is 2.58 bits per heavy atom. The highest BCUT2D eigenvalue weighted by molar-refractivity contribution is 7.99. The van der Waals surface area contributed by atoms with E-state index in [4.69, 9.17) is 0 Å². The van der Waals surface area contributed by atoms with Gasteiger partial charge in [0.15, 0.2) is 11.0 Å². The molecule has 0 bridgehead atoms. The lowest BCUT2D eigenvalue weighted by molar-refractivity contribution is -0.113. The van der Waals surface area contributed by atoms with Crippen LogP contribution in [0.5, 0.6) is 0 Å². The molecule has 0 fully saturated rings. The second kappa shape index (κ2) is 9.57. The lowest BCUT2D eigenvalue weighted by Gasteiger charge is -2.11. The topological polar surface area (TPSA) is 72.7 Å². The molecule has 0 saturated carbocycles. The largest absolute Gasteiger partial charge is 0.325 e. The van der Waals surface area contributed by atoms with E-state index in [0.717, 1.165) is 28.9 Å². The van der Waals surface area contributed by atoms with Gasteiger partial charge in [-0.15, -0.1) is 10.2 Å². The van der Waals surface area contributed by atoms with Gasteiger partial charge in [-0.2, -0.15) is 0 Å². The SMILES string of the molecule is CCc1ccccc1NC(=O)CSc1nnc(-c2cccnc2)n1-c1ccc(C)cc1. The summed E-state index contributed by atoms with van der Waals surface area (Å²) in [7, 11) is 0. The third-order valence-electron chi connectivity index (χ3n) is 4.85. The summed E-state index contributed by atoms with van der Waals surface area (Å²) in [6.45, 7) is 4.12. The van der Waals surface area contributed by atoms with Crippen molar-refractivity contribution < 1.29 is 4.79 Å². The van der Waals surface area contributed by atoms with Crippen LogP contribution in [0.3, 0.4) is 0 Å². The molecule has 0 radical (unpaired) electrons. The van der Waals surface area contributed by atoms with Crippen molar-refractivity contribution in [3.63, 3.8) is 0 Å².